The minimum absolute atomic E-state index is 0.0542. The Hall–Kier alpha value is -3.71. The highest BCUT2D eigenvalue weighted by atomic mass is 16.5. The molecule has 41 heavy (non-hydrogen) atoms. The van der Waals surface area contributed by atoms with Crippen molar-refractivity contribution < 1.29 is 34.4 Å². The number of allylic oxidation sites excluding steroid dienone is 2. The lowest BCUT2D eigenvalue weighted by Crippen LogP contribution is -2.56. The average Bonchev–Trinajstić information content (AvgIpc) is 3.44. The Bertz CT molecular complexity index is 1550. The van der Waals surface area contributed by atoms with E-state index in [1.807, 2.05) is 12.1 Å². The molecule has 0 radical (unpaired) electrons. The fourth-order valence-electron chi connectivity index (χ4n) is 7.92. The number of phenolic OH excluding ortho intramolecular Hbond substituents is 1. The molecule has 0 amide bonds. The van der Waals surface area contributed by atoms with Crippen molar-refractivity contribution in [2.75, 3.05) is 7.11 Å². The molecule has 3 N–H and O–H groups in total. The van der Waals surface area contributed by atoms with E-state index in [0.29, 0.717) is 29.2 Å². The molecule has 7 heteroatoms. The summed E-state index contributed by atoms with van der Waals surface area (Å²) in [5.74, 6) is -2.68. The largest absolute Gasteiger partial charge is 0.508 e. The Labute approximate surface area is 239 Å². The smallest absolute Gasteiger partial charge is 0.205 e. The van der Waals surface area contributed by atoms with Gasteiger partial charge in [-0.1, -0.05) is 43.4 Å². The molecule has 4 aliphatic rings. The number of benzene rings is 2. The molecule has 7 nitrogen and oxygen atoms in total. The number of fused-ring (bicyclic) bond motifs is 3. The van der Waals surface area contributed by atoms with E-state index in [1.165, 1.54) is 44.2 Å². The number of phenols is 1. The summed E-state index contributed by atoms with van der Waals surface area (Å²) in [5.41, 5.74) is 1.61. The molecular formula is C34H36O7. The second-order valence-corrected chi connectivity index (χ2v) is 12.3. The van der Waals surface area contributed by atoms with Gasteiger partial charge in [0.2, 0.25) is 5.78 Å². The minimum atomic E-state index is -2.34. The van der Waals surface area contributed by atoms with Gasteiger partial charge in [0.25, 0.3) is 0 Å². The highest BCUT2D eigenvalue weighted by Gasteiger charge is 2.58. The predicted octanol–water partition coefficient (Wildman–Crippen LogP) is 5.60. The van der Waals surface area contributed by atoms with Gasteiger partial charge in [0.05, 0.1) is 18.2 Å². The zero-order valence-corrected chi connectivity index (χ0v) is 23.8. The van der Waals surface area contributed by atoms with Crippen molar-refractivity contribution in [2.24, 2.45) is 17.8 Å². The molecule has 4 aliphatic carbocycles. The first-order valence-corrected chi connectivity index (χ1v) is 14.5. The molecule has 2 aromatic rings. The van der Waals surface area contributed by atoms with Crippen LogP contribution >= 0.6 is 0 Å². The van der Waals surface area contributed by atoms with Crippen LogP contribution in [-0.4, -0.2) is 45.4 Å². The Morgan fingerprint density at radius 1 is 1.05 bits per heavy atom. The van der Waals surface area contributed by atoms with Crippen LogP contribution < -0.4 is 4.74 Å². The molecule has 2 aromatic carbocycles. The number of carbonyl (C=O) groups is 3. The molecule has 6 rings (SSSR count). The number of Topliss-reactive ketones (excluding diaryl/α,β-unsaturated/α-hetero) is 3. The summed E-state index contributed by atoms with van der Waals surface area (Å²) in [7, 11) is 1.61. The van der Waals surface area contributed by atoms with Crippen LogP contribution in [0.5, 0.6) is 11.5 Å². The first kappa shape index (κ1) is 27.5. The van der Waals surface area contributed by atoms with E-state index < -0.39 is 40.5 Å². The molecule has 1 saturated carbocycles. The van der Waals surface area contributed by atoms with E-state index in [1.54, 1.807) is 14.0 Å². The van der Waals surface area contributed by atoms with Gasteiger partial charge in [0.1, 0.15) is 17.3 Å². The van der Waals surface area contributed by atoms with Crippen molar-refractivity contribution in [1.82, 2.24) is 0 Å². The zero-order chi connectivity index (χ0) is 29.2. The number of hydrogen-bond donors (Lipinski definition) is 3. The normalized spacial score (nSPS) is 26.1. The third-order valence-electron chi connectivity index (χ3n) is 9.86. The van der Waals surface area contributed by atoms with Gasteiger partial charge in [-0.3, -0.25) is 14.4 Å². The quantitative estimate of drug-likeness (QED) is 0.410. The van der Waals surface area contributed by atoms with E-state index in [9.17, 15) is 29.7 Å². The van der Waals surface area contributed by atoms with Gasteiger partial charge >= 0.3 is 0 Å². The number of methoxy groups -OCH3 is 1. The zero-order valence-electron chi connectivity index (χ0n) is 23.8. The van der Waals surface area contributed by atoms with Gasteiger partial charge in [0.15, 0.2) is 17.2 Å². The molecule has 0 bridgehead atoms. The number of hydrogen-bond acceptors (Lipinski definition) is 7. The highest BCUT2D eigenvalue weighted by molar-refractivity contribution is 6.25. The summed E-state index contributed by atoms with van der Waals surface area (Å²) in [6.45, 7) is 2.96. The maximum absolute atomic E-state index is 14.0. The standard InChI is InChI=1S/C34H36O7/c1-17-12-22-15-21-16-25-23(24-14-20(8-11-27(24)41-3)13-19-6-4-5-7-19)9-10-26(36)30(25)31(37)29(21)33(39)34(22,40)32(38)28(17)18(2)35/h8-11,14,19,21-22,36,39-40H,4-7,12-13,15-16H2,1-3H3/t21-,22-,34-/m1/s1. The maximum Gasteiger partial charge on any atom is 0.205 e. The molecular weight excluding hydrogens is 520 g/mol. The van der Waals surface area contributed by atoms with Gasteiger partial charge in [-0.15, -0.1) is 0 Å². The summed E-state index contributed by atoms with van der Waals surface area (Å²) in [5, 5.41) is 33.9. The van der Waals surface area contributed by atoms with Gasteiger partial charge in [-0.2, -0.15) is 0 Å². The average molecular weight is 557 g/mol. The van der Waals surface area contributed by atoms with Crippen LogP contribution in [0.2, 0.25) is 0 Å². The Balaban J connectivity index is 1.47. The molecule has 1 fully saturated rings. The fraction of sp³-hybridized carbons (Fsp3) is 0.441. The lowest BCUT2D eigenvalue weighted by atomic mass is 9.59. The number of aliphatic hydroxyl groups excluding tert-OH is 1. The first-order chi connectivity index (χ1) is 19.6. The van der Waals surface area contributed by atoms with E-state index in [0.717, 1.165) is 17.5 Å². The van der Waals surface area contributed by atoms with Crippen LogP contribution in [0.1, 0.15) is 73.9 Å². The topological polar surface area (TPSA) is 121 Å². The van der Waals surface area contributed by atoms with Crippen LogP contribution in [0, 0.1) is 17.8 Å². The van der Waals surface area contributed by atoms with E-state index >= 15 is 0 Å². The molecule has 0 heterocycles. The van der Waals surface area contributed by atoms with Crippen molar-refractivity contribution in [3.8, 4) is 22.6 Å². The van der Waals surface area contributed by atoms with Crippen LogP contribution in [-0.2, 0) is 22.4 Å². The van der Waals surface area contributed by atoms with Crippen LogP contribution in [0.3, 0.4) is 0 Å². The molecule has 0 aliphatic heterocycles. The molecule has 0 unspecified atom stereocenters. The molecule has 0 saturated heterocycles. The van der Waals surface area contributed by atoms with Crippen molar-refractivity contribution in [3.63, 3.8) is 0 Å². The Morgan fingerprint density at radius 3 is 2.46 bits per heavy atom. The molecule has 214 valence electrons. The molecule has 0 aromatic heterocycles. The van der Waals surface area contributed by atoms with Crippen molar-refractivity contribution >= 4 is 17.3 Å². The van der Waals surface area contributed by atoms with Gasteiger partial charge in [-0.05, 0) is 86.3 Å². The van der Waals surface area contributed by atoms with Crippen LogP contribution in [0.4, 0.5) is 0 Å². The summed E-state index contributed by atoms with van der Waals surface area (Å²) < 4.78 is 5.73. The molecule has 0 spiro atoms. The summed E-state index contributed by atoms with van der Waals surface area (Å²) in [6.07, 6.45) is 6.83. The van der Waals surface area contributed by atoms with Crippen molar-refractivity contribution in [2.45, 2.75) is 70.8 Å². The van der Waals surface area contributed by atoms with Crippen LogP contribution in [0.25, 0.3) is 11.1 Å². The minimum Gasteiger partial charge on any atom is -0.508 e. The van der Waals surface area contributed by atoms with Crippen molar-refractivity contribution in [3.05, 3.63) is 69.5 Å². The number of aromatic hydroxyl groups is 1. The second kappa shape index (κ2) is 9.98. The summed E-state index contributed by atoms with van der Waals surface area (Å²) >= 11 is 0. The van der Waals surface area contributed by atoms with Crippen molar-refractivity contribution in [1.29, 1.82) is 0 Å². The SMILES string of the molecule is COc1ccc(CC2CCCC2)cc1-c1ccc(O)c2c1C[C@H]1C[C@H]3CC(C)=C(C(C)=O)C(=O)[C@@]3(O)C(O)=C1C2=O. The van der Waals surface area contributed by atoms with Gasteiger partial charge in [-0.25, -0.2) is 0 Å². The highest BCUT2D eigenvalue weighted by Crippen LogP contribution is 2.53. The van der Waals surface area contributed by atoms with Gasteiger partial charge in [0, 0.05) is 17.1 Å². The lowest BCUT2D eigenvalue weighted by Gasteiger charge is -2.46. The lowest BCUT2D eigenvalue weighted by molar-refractivity contribution is -0.143. The Morgan fingerprint density at radius 2 is 1.78 bits per heavy atom. The maximum atomic E-state index is 14.0. The summed E-state index contributed by atoms with van der Waals surface area (Å²) in [4.78, 5) is 39.7. The van der Waals surface area contributed by atoms with Crippen LogP contribution in [0.15, 0.2) is 52.8 Å². The number of carbonyl (C=O) groups excluding carboxylic acids is 3. The predicted molar refractivity (Wildman–Crippen MR) is 153 cm³/mol. The number of ketones is 3. The molecule has 3 atom stereocenters. The third kappa shape index (κ3) is 4.16. The fourth-order valence-corrected chi connectivity index (χ4v) is 7.92. The Kier molecular flexibility index (Phi) is 6.68. The van der Waals surface area contributed by atoms with Gasteiger partial charge < -0.3 is 20.1 Å². The second-order valence-electron chi connectivity index (χ2n) is 12.3. The van der Waals surface area contributed by atoms with E-state index in [4.69, 9.17) is 4.74 Å². The number of aliphatic hydroxyl groups is 2. The van der Waals surface area contributed by atoms with E-state index in [-0.39, 0.29) is 35.3 Å². The number of ether oxygens (including phenoxy) is 1. The monoisotopic (exact) mass is 556 g/mol. The third-order valence-corrected chi connectivity index (χ3v) is 9.86. The summed E-state index contributed by atoms with van der Waals surface area (Å²) in [6, 6.07) is 9.44. The first-order valence-electron chi connectivity index (χ1n) is 14.5. The van der Waals surface area contributed by atoms with E-state index in [2.05, 4.69) is 12.1 Å². The number of rotatable bonds is 5.